The van der Waals surface area contributed by atoms with Crippen LogP contribution in [0.5, 0.6) is 5.75 Å². The number of rotatable bonds is 7. The second-order valence-electron chi connectivity index (χ2n) is 7.69. The predicted molar refractivity (Wildman–Crippen MR) is 113 cm³/mol. The van der Waals surface area contributed by atoms with Gasteiger partial charge in [-0.3, -0.25) is 9.69 Å². The monoisotopic (exact) mass is 396 g/mol. The van der Waals surface area contributed by atoms with Crippen LogP contribution in [0.25, 0.3) is 0 Å². The number of allylic oxidation sites excluding steroid dienone is 1. The first kappa shape index (κ1) is 21.1. The summed E-state index contributed by atoms with van der Waals surface area (Å²) in [4.78, 5) is 17.1. The first-order valence-corrected chi connectivity index (χ1v) is 10.1. The van der Waals surface area contributed by atoms with Gasteiger partial charge in [0.1, 0.15) is 11.6 Å². The molecule has 1 aliphatic rings. The molecule has 154 valence electrons. The summed E-state index contributed by atoms with van der Waals surface area (Å²) >= 11 is 0. The standard InChI is InChI=1S/C24H29FN2O2/c1-4-7-21-8-5-6-9-23(21)29-17-24(28)27-15-18(2)26(14-19(27)3)16-20-10-12-22(25)13-11-20/h4-6,8-13,18-19H,1,7,14-17H2,2-3H3/t18-,19+/m1/s1. The van der Waals surface area contributed by atoms with Gasteiger partial charge < -0.3 is 9.64 Å². The van der Waals surface area contributed by atoms with E-state index in [4.69, 9.17) is 4.74 Å². The van der Waals surface area contributed by atoms with E-state index in [-0.39, 0.29) is 30.4 Å². The Morgan fingerprint density at radius 3 is 2.59 bits per heavy atom. The van der Waals surface area contributed by atoms with Crippen molar-refractivity contribution in [3.8, 4) is 5.75 Å². The van der Waals surface area contributed by atoms with Gasteiger partial charge in [0.2, 0.25) is 0 Å². The predicted octanol–water partition coefficient (Wildman–Crippen LogP) is 4.05. The van der Waals surface area contributed by atoms with E-state index in [1.54, 1.807) is 0 Å². The number of halogens is 1. The van der Waals surface area contributed by atoms with Crippen molar-refractivity contribution in [1.29, 1.82) is 0 Å². The minimum absolute atomic E-state index is 0.000752. The molecule has 2 aromatic rings. The van der Waals surface area contributed by atoms with Crippen LogP contribution in [0.15, 0.2) is 61.2 Å². The molecule has 2 aromatic carbocycles. The molecule has 0 spiro atoms. The van der Waals surface area contributed by atoms with Crippen LogP contribution in [0, 0.1) is 5.82 Å². The molecule has 1 amide bonds. The van der Waals surface area contributed by atoms with Crippen LogP contribution in [-0.2, 0) is 17.8 Å². The summed E-state index contributed by atoms with van der Waals surface area (Å²) in [7, 11) is 0. The maximum Gasteiger partial charge on any atom is 0.260 e. The first-order valence-electron chi connectivity index (χ1n) is 10.1. The summed E-state index contributed by atoms with van der Waals surface area (Å²) in [6, 6.07) is 14.7. The Balaban J connectivity index is 1.57. The molecular formula is C24H29FN2O2. The topological polar surface area (TPSA) is 32.8 Å². The number of carbonyl (C=O) groups excluding carboxylic acids is 1. The number of amides is 1. The molecule has 0 saturated carbocycles. The van der Waals surface area contributed by atoms with E-state index in [0.29, 0.717) is 13.0 Å². The van der Waals surface area contributed by atoms with E-state index in [9.17, 15) is 9.18 Å². The number of para-hydroxylation sites is 1. The maximum absolute atomic E-state index is 13.1. The van der Waals surface area contributed by atoms with Crippen LogP contribution in [0.1, 0.15) is 25.0 Å². The van der Waals surface area contributed by atoms with Gasteiger partial charge >= 0.3 is 0 Å². The Labute approximate surface area is 172 Å². The Hall–Kier alpha value is -2.66. The van der Waals surface area contributed by atoms with Gasteiger partial charge in [-0.05, 0) is 49.6 Å². The normalized spacial score (nSPS) is 19.8. The number of hydrogen-bond donors (Lipinski definition) is 0. The lowest BCUT2D eigenvalue weighted by atomic mass is 10.1. The zero-order chi connectivity index (χ0) is 20.8. The number of benzene rings is 2. The maximum atomic E-state index is 13.1. The number of ether oxygens (including phenoxy) is 1. The van der Waals surface area contributed by atoms with Crippen LogP contribution in [0.3, 0.4) is 0 Å². The van der Waals surface area contributed by atoms with Gasteiger partial charge in [-0.2, -0.15) is 0 Å². The van der Waals surface area contributed by atoms with Crippen molar-refractivity contribution < 1.29 is 13.9 Å². The van der Waals surface area contributed by atoms with Gasteiger partial charge in [0.25, 0.3) is 5.91 Å². The fourth-order valence-electron chi connectivity index (χ4n) is 3.78. The summed E-state index contributed by atoms with van der Waals surface area (Å²) in [6.07, 6.45) is 2.54. The highest BCUT2D eigenvalue weighted by Gasteiger charge is 2.32. The molecule has 29 heavy (non-hydrogen) atoms. The van der Waals surface area contributed by atoms with Gasteiger partial charge in [-0.1, -0.05) is 36.4 Å². The van der Waals surface area contributed by atoms with Gasteiger partial charge in [0.05, 0.1) is 0 Å². The van der Waals surface area contributed by atoms with Crippen molar-refractivity contribution in [2.75, 3.05) is 19.7 Å². The Kier molecular flexibility index (Phi) is 7.04. The molecule has 1 fully saturated rings. The number of carbonyl (C=O) groups is 1. The van der Waals surface area contributed by atoms with Gasteiger partial charge in [-0.15, -0.1) is 6.58 Å². The zero-order valence-electron chi connectivity index (χ0n) is 17.2. The summed E-state index contributed by atoms with van der Waals surface area (Å²) < 4.78 is 19.0. The Bertz CT molecular complexity index is 837. The molecule has 4 nitrogen and oxygen atoms in total. The summed E-state index contributed by atoms with van der Waals surface area (Å²) in [5.74, 6) is 0.510. The summed E-state index contributed by atoms with van der Waals surface area (Å²) in [5.41, 5.74) is 2.10. The highest BCUT2D eigenvalue weighted by atomic mass is 19.1. The average molecular weight is 397 g/mol. The van der Waals surface area contributed by atoms with Crippen molar-refractivity contribution in [3.05, 3.63) is 78.1 Å². The molecule has 0 unspecified atom stereocenters. The summed E-state index contributed by atoms with van der Waals surface area (Å²) in [5, 5.41) is 0. The van der Waals surface area contributed by atoms with E-state index >= 15 is 0 Å². The number of piperazine rings is 1. The highest BCUT2D eigenvalue weighted by molar-refractivity contribution is 5.78. The van der Waals surface area contributed by atoms with E-state index < -0.39 is 0 Å². The number of nitrogens with zero attached hydrogens (tertiary/aromatic N) is 2. The van der Waals surface area contributed by atoms with Crippen LogP contribution in [0.2, 0.25) is 0 Å². The minimum atomic E-state index is -0.222. The van der Waals surface area contributed by atoms with Crippen molar-refractivity contribution >= 4 is 5.91 Å². The molecule has 0 N–H and O–H groups in total. The Morgan fingerprint density at radius 2 is 1.86 bits per heavy atom. The third kappa shape index (κ3) is 5.45. The molecule has 3 rings (SSSR count). The molecule has 2 atom stereocenters. The van der Waals surface area contributed by atoms with Crippen LogP contribution in [0.4, 0.5) is 4.39 Å². The van der Waals surface area contributed by atoms with Crippen molar-refractivity contribution in [1.82, 2.24) is 9.80 Å². The van der Waals surface area contributed by atoms with Crippen molar-refractivity contribution in [2.24, 2.45) is 0 Å². The van der Waals surface area contributed by atoms with E-state index in [2.05, 4.69) is 25.3 Å². The molecule has 0 aliphatic carbocycles. The minimum Gasteiger partial charge on any atom is -0.483 e. The van der Waals surface area contributed by atoms with E-state index in [1.165, 1.54) is 12.1 Å². The largest absolute Gasteiger partial charge is 0.483 e. The lowest BCUT2D eigenvalue weighted by molar-refractivity contribution is -0.139. The molecule has 0 aromatic heterocycles. The summed E-state index contributed by atoms with van der Waals surface area (Å²) in [6.45, 7) is 10.2. The lowest BCUT2D eigenvalue weighted by Crippen LogP contribution is -2.58. The molecule has 0 bridgehead atoms. The number of hydrogen-bond acceptors (Lipinski definition) is 3. The molecule has 1 aliphatic heterocycles. The van der Waals surface area contributed by atoms with Crippen LogP contribution in [-0.4, -0.2) is 47.5 Å². The average Bonchev–Trinajstić information content (AvgIpc) is 2.71. The third-order valence-corrected chi connectivity index (χ3v) is 5.42. The van der Waals surface area contributed by atoms with E-state index in [0.717, 1.165) is 30.0 Å². The van der Waals surface area contributed by atoms with Gasteiger partial charge in [0.15, 0.2) is 6.61 Å². The van der Waals surface area contributed by atoms with E-state index in [1.807, 2.05) is 47.4 Å². The molecule has 1 saturated heterocycles. The van der Waals surface area contributed by atoms with Crippen molar-refractivity contribution in [2.45, 2.75) is 38.9 Å². The second-order valence-corrected chi connectivity index (χ2v) is 7.69. The van der Waals surface area contributed by atoms with Crippen LogP contribution >= 0.6 is 0 Å². The highest BCUT2D eigenvalue weighted by Crippen LogP contribution is 2.21. The lowest BCUT2D eigenvalue weighted by Gasteiger charge is -2.44. The fraction of sp³-hybridized carbons (Fsp3) is 0.375. The SMILES string of the molecule is C=CCc1ccccc1OCC(=O)N1C[C@@H](C)N(Cc2ccc(F)cc2)C[C@@H]1C. The second kappa shape index (κ2) is 9.70. The first-order chi connectivity index (χ1) is 14.0. The molecule has 1 heterocycles. The molecule has 0 radical (unpaired) electrons. The zero-order valence-corrected chi connectivity index (χ0v) is 17.2. The third-order valence-electron chi connectivity index (χ3n) is 5.42. The molecular weight excluding hydrogens is 367 g/mol. The fourth-order valence-corrected chi connectivity index (χ4v) is 3.78. The van der Waals surface area contributed by atoms with Crippen LogP contribution < -0.4 is 4.74 Å². The van der Waals surface area contributed by atoms with Crippen molar-refractivity contribution in [3.63, 3.8) is 0 Å². The quantitative estimate of drug-likeness (QED) is 0.662. The smallest absolute Gasteiger partial charge is 0.260 e. The molecule has 5 heteroatoms. The Morgan fingerprint density at radius 1 is 1.14 bits per heavy atom. The van der Waals surface area contributed by atoms with Gasteiger partial charge in [0, 0.05) is 31.7 Å². The van der Waals surface area contributed by atoms with Gasteiger partial charge in [-0.25, -0.2) is 4.39 Å².